The zero-order valence-corrected chi connectivity index (χ0v) is 19.0. The largest absolute Gasteiger partial charge is 0.474 e. The van der Waals surface area contributed by atoms with Crippen LogP contribution in [0.1, 0.15) is 34.3 Å². The molecule has 0 saturated heterocycles. The van der Waals surface area contributed by atoms with Crippen molar-refractivity contribution in [1.82, 2.24) is 14.9 Å². The van der Waals surface area contributed by atoms with Gasteiger partial charge >= 0.3 is 0 Å². The molecule has 0 atom stereocenters. The molecule has 0 aliphatic heterocycles. The summed E-state index contributed by atoms with van der Waals surface area (Å²) in [5.74, 6) is -0.387. The number of rotatable bonds is 7. The van der Waals surface area contributed by atoms with Crippen LogP contribution in [0.25, 0.3) is 10.9 Å². The molecule has 1 amide bonds. The maximum absolute atomic E-state index is 12.9. The molecular weight excluding hydrogens is 444 g/mol. The van der Waals surface area contributed by atoms with E-state index in [1.54, 1.807) is 30.3 Å². The number of sulfone groups is 1. The standard InChI is InChI=1S/C23H22N4O5S/c1-27-19-17(7-10-25-21(19)32-14-23(8-9-23)33(2,30)31)11-18(22(27)29)20(28)26-13-16-5-3-15(12-24)4-6-16/h3-7,10-11H,8-9,13-14H2,1-2H3,(H,26,28). The van der Waals surface area contributed by atoms with E-state index in [4.69, 9.17) is 10.00 Å². The van der Waals surface area contributed by atoms with E-state index in [1.807, 2.05) is 6.07 Å². The molecule has 1 fully saturated rings. The molecule has 10 heteroatoms. The molecule has 0 bridgehead atoms. The van der Waals surface area contributed by atoms with Gasteiger partial charge in [-0.3, -0.25) is 9.59 Å². The summed E-state index contributed by atoms with van der Waals surface area (Å²) in [5.41, 5.74) is 1.13. The van der Waals surface area contributed by atoms with E-state index < -0.39 is 26.1 Å². The molecule has 0 spiro atoms. The van der Waals surface area contributed by atoms with Gasteiger partial charge in [0.1, 0.15) is 22.4 Å². The molecule has 1 aliphatic rings. The molecule has 33 heavy (non-hydrogen) atoms. The van der Waals surface area contributed by atoms with Gasteiger partial charge in [-0.25, -0.2) is 13.4 Å². The number of pyridine rings is 2. The number of carbonyl (C=O) groups excluding carboxylic acids is 1. The molecule has 2 aromatic heterocycles. The van der Waals surface area contributed by atoms with Crippen molar-refractivity contribution in [2.45, 2.75) is 24.1 Å². The Morgan fingerprint density at radius 2 is 1.97 bits per heavy atom. The number of aryl methyl sites for hydroxylation is 1. The van der Waals surface area contributed by atoms with Crippen LogP contribution < -0.4 is 15.6 Å². The van der Waals surface area contributed by atoms with E-state index in [1.165, 1.54) is 30.1 Å². The predicted octanol–water partition coefficient (Wildman–Crippen LogP) is 1.69. The quantitative estimate of drug-likeness (QED) is 0.560. The Morgan fingerprint density at radius 3 is 2.58 bits per heavy atom. The maximum Gasteiger partial charge on any atom is 0.263 e. The first-order chi connectivity index (χ1) is 15.6. The fraction of sp³-hybridized carbons (Fsp3) is 0.304. The van der Waals surface area contributed by atoms with Crippen molar-refractivity contribution in [2.24, 2.45) is 7.05 Å². The third-order valence-electron chi connectivity index (χ3n) is 5.94. The highest BCUT2D eigenvalue weighted by atomic mass is 32.2. The minimum atomic E-state index is -3.27. The van der Waals surface area contributed by atoms with Crippen LogP contribution >= 0.6 is 0 Å². The molecule has 170 valence electrons. The van der Waals surface area contributed by atoms with Gasteiger partial charge in [-0.2, -0.15) is 5.26 Å². The number of aromatic nitrogens is 2. The van der Waals surface area contributed by atoms with Crippen molar-refractivity contribution in [3.8, 4) is 11.9 Å². The van der Waals surface area contributed by atoms with Crippen LogP contribution in [0.5, 0.6) is 5.88 Å². The Hall–Kier alpha value is -3.71. The summed E-state index contributed by atoms with van der Waals surface area (Å²) in [4.78, 5) is 29.8. The number of benzene rings is 1. The Kier molecular flexibility index (Phi) is 5.68. The van der Waals surface area contributed by atoms with Crippen molar-refractivity contribution < 1.29 is 17.9 Å². The number of hydrogen-bond donors (Lipinski definition) is 1. The van der Waals surface area contributed by atoms with Gasteiger partial charge in [-0.15, -0.1) is 0 Å². The number of ether oxygens (including phenoxy) is 1. The second-order valence-electron chi connectivity index (χ2n) is 8.21. The Bertz CT molecular complexity index is 1450. The minimum Gasteiger partial charge on any atom is -0.474 e. The summed E-state index contributed by atoms with van der Waals surface area (Å²) in [6.45, 7) is 0.156. The highest BCUT2D eigenvalue weighted by molar-refractivity contribution is 7.92. The fourth-order valence-corrected chi connectivity index (χ4v) is 4.72. The molecule has 2 heterocycles. The lowest BCUT2D eigenvalue weighted by Crippen LogP contribution is -2.32. The minimum absolute atomic E-state index is 0.0365. The molecular formula is C23H22N4O5S. The summed E-state index contributed by atoms with van der Waals surface area (Å²) in [7, 11) is -1.76. The first-order valence-corrected chi connectivity index (χ1v) is 12.1. The SMILES string of the molecule is Cn1c(=O)c(C(=O)NCc2ccc(C#N)cc2)cc2ccnc(OCC3(S(C)(=O)=O)CC3)c21. The van der Waals surface area contributed by atoms with Crippen molar-refractivity contribution in [1.29, 1.82) is 5.26 Å². The van der Waals surface area contributed by atoms with E-state index in [2.05, 4.69) is 10.3 Å². The molecule has 0 unspecified atom stereocenters. The Morgan fingerprint density at radius 1 is 1.27 bits per heavy atom. The van der Waals surface area contributed by atoms with Crippen LogP contribution in [0.2, 0.25) is 0 Å². The number of nitrogens with zero attached hydrogens (tertiary/aromatic N) is 3. The first kappa shape index (κ1) is 22.5. The smallest absolute Gasteiger partial charge is 0.263 e. The Labute approximate surface area is 190 Å². The summed E-state index contributed by atoms with van der Waals surface area (Å²) in [6, 6.07) is 11.9. The van der Waals surface area contributed by atoms with Gasteiger partial charge in [0.15, 0.2) is 9.84 Å². The summed E-state index contributed by atoms with van der Waals surface area (Å²) in [5, 5.41) is 12.2. The van der Waals surface area contributed by atoms with E-state index >= 15 is 0 Å². The second-order valence-corrected chi connectivity index (χ2v) is 10.6. The number of fused-ring (bicyclic) bond motifs is 1. The van der Waals surface area contributed by atoms with Crippen molar-refractivity contribution >= 4 is 26.6 Å². The number of hydrogen-bond acceptors (Lipinski definition) is 7. The third-order valence-corrected chi connectivity index (χ3v) is 8.04. The average Bonchev–Trinajstić information content (AvgIpc) is 3.60. The number of nitriles is 1. The van der Waals surface area contributed by atoms with Crippen molar-refractivity contribution in [3.05, 3.63) is 69.6 Å². The first-order valence-electron chi connectivity index (χ1n) is 10.2. The van der Waals surface area contributed by atoms with Gasteiger partial charge in [0.05, 0.1) is 11.6 Å². The second kappa shape index (κ2) is 8.33. The van der Waals surface area contributed by atoms with Gasteiger partial charge in [-0.1, -0.05) is 12.1 Å². The topological polar surface area (TPSA) is 131 Å². The fourth-order valence-electron chi connectivity index (χ4n) is 3.61. The van der Waals surface area contributed by atoms with Crippen molar-refractivity contribution in [3.63, 3.8) is 0 Å². The molecule has 4 rings (SSSR count). The van der Waals surface area contributed by atoms with E-state index in [-0.39, 0.29) is 24.6 Å². The molecule has 0 radical (unpaired) electrons. The van der Waals surface area contributed by atoms with Crippen LogP contribution in [-0.4, -0.2) is 41.5 Å². The monoisotopic (exact) mass is 466 g/mol. The Balaban J connectivity index is 1.58. The molecule has 1 saturated carbocycles. The molecule has 1 aliphatic carbocycles. The maximum atomic E-state index is 12.9. The lowest BCUT2D eigenvalue weighted by Gasteiger charge is -2.16. The molecule has 3 aromatic rings. The van der Waals surface area contributed by atoms with Crippen LogP contribution in [0.3, 0.4) is 0 Å². The van der Waals surface area contributed by atoms with Crippen LogP contribution in [0, 0.1) is 11.3 Å². The lowest BCUT2D eigenvalue weighted by molar-refractivity contribution is 0.0949. The molecule has 1 N–H and O–H groups in total. The summed E-state index contributed by atoms with van der Waals surface area (Å²) >= 11 is 0. The molecule has 9 nitrogen and oxygen atoms in total. The highest BCUT2D eigenvalue weighted by Gasteiger charge is 2.53. The average molecular weight is 467 g/mol. The summed E-state index contributed by atoms with van der Waals surface area (Å²) in [6.07, 6.45) is 3.73. The zero-order valence-electron chi connectivity index (χ0n) is 18.2. The van der Waals surface area contributed by atoms with E-state index in [0.29, 0.717) is 29.3 Å². The normalized spacial score (nSPS) is 14.5. The van der Waals surface area contributed by atoms with Gasteiger partial charge in [0.25, 0.3) is 11.5 Å². The van der Waals surface area contributed by atoms with Crippen LogP contribution in [-0.2, 0) is 23.4 Å². The van der Waals surface area contributed by atoms with Crippen LogP contribution in [0.4, 0.5) is 0 Å². The predicted molar refractivity (Wildman–Crippen MR) is 122 cm³/mol. The third kappa shape index (κ3) is 4.32. The summed E-state index contributed by atoms with van der Waals surface area (Å²) < 4.78 is 30.2. The lowest BCUT2D eigenvalue weighted by atomic mass is 10.1. The van der Waals surface area contributed by atoms with Crippen LogP contribution in [0.15, 0.2) is 47.4 Å². The van der Waals surface area contributed by atoms with Gasteiger partial charge < -0.3 is 14.6 Å². The van der Waals surface area contributed by atoms with Gasteiger partial charge in [-0.05, 0) is 42.7 Å². The van der Waals surface area contributed by atoms with Gasteiger partial charge in [0.2, 0.25) is 5.88 Å². The highest BCUT2D eigenvalue weighted by Crippen LogP contribution is 2.43. The number of amides is 1. The van der Waals surface area contributed by atoms with E-state index in [0.717, 1.165) is 5.56 Å². The number of carbonyl (C=O) groups is 1. The zero-order chi connectivity index (χ0) is 23.8. The van der Waals surface area contributed by atoms with Crippen molar-refractivity contribution in [2.75, 3.05) is 12.9 Å². The van der Waals surface area contributed by atoms with Gasteiger partial charge in [0, 0.05) is 31.4 Å². The molecule has 1 aromatic carbocycles. The van der Waals surface area contributed by atoms with E-state index in [9.17, 15) is 18.0 Å². The number of nitrogens with one attached hydrogen (secondary N) is 1.